The fraction of sp³-hybridized carbons (Fsp3) is 0.450. The number of benzene rings is 1. The normalized spacial score (nSPS) is 13.8. The minimum Gasteiger partial charge on any atom is -0.491 e. The maximum absolute atomic E-state index is 13.7. The van der Waals surface area contributed by atoms with Gasteiger partial charge in [0.25, 0.3) is 0 Å². The Labute approximate surface area is 172 Å². The van der Waals surface area contributed by atoms with Crippen LogP contribution in [0.4, 0.5) is 23.9 Å². The molecule has 1 atom stereocenters. The molecule has 2 rings (SSSR count). The van der Waals surface area contributed by atoms with Crippen LogP contribution in [0.1, 0.15) is 32.8 Å². The number of ether oxygens (including phenoxy) is 1. The standard InChI is InChI=1S/C20H25F3N4O3/c1-12(2)10-19(3,24)11-30-16-6-5-13(9-14(16)20(21,22)23)15-7-8-25-17(26-15)27(4)18(28)29/h5-9,12H,10-11,24H2,1-4H3,(H,28,29)/t19-/m0/s1. The van der Waals surface area contributed by atoms with Crippen molar-refractivity contribution in [1.29, 1.82) is 0 Å². The first-order valence-corrected chi connectivity index (χ1v) is 9.23. The lowest BCUT2D eigenvalue weighted by atomic mass is 9.93. The second kappa shape index (κ2) is 8.86. The van der Waals surface area contributed by atoms with Crippen LogP contribution in [0.5, 0.6) is 5.75 Å². The molecule has 0 radical (unpaired) electrons. The Hall–Kier alpha value is -2.88. The summed E-state index contributed by atoms with van der Waals surface area (Å²) in [6.45, 7) is 5.60. The van der Waals surface area contributed by atoms with Crippen molar-refractivity contribution in [2.45, 2.75) is 38.9 Å². The third-order valence-corrected chi connectivity index (χ3v) is 4.24. The molecule has 0 saturated carbocycles. The maximum Gasteiger partial charge on any atom is 0.419 e. The Morgan fingerprint density at radius 1 is 1.30 bits per heavy atom. The lowest BCUT2D eigenvalue weighted by molar-refractivity contribution is -0.139. The largest absolute Gasteiger partial charge is 0.491 e. The summed E-state index contributed by atoms with van der Waals surface area (Å²) in [7, 11) is 1.24. The van der Waals surface area contributed by atoms with Gasteiger partial charge in [0.1, 0.15) is 12.4 Å². The number of alkyl halides is 3. The zero-order chi connectivity index (χ0) is 22.7. The van der Waals surface area contributed by atoms with Gasteiger partial charge in [-0.15, -0.1) is 0 Å². The minimum atomic E-state index is -4.66. The van der Waals surface area contributed by atoms with E-state index >= 15 is 0 Å². The van der Waals surface area contributed by atoms with Crippen LogP contribution in [0, 0.1) is 5.92 Å². The molecule has 7 nitrogen and oxygen atoms in total. The summed E-state index contributed by atoms with van der Waals surface area (Å²) in [6.07, 6.45) is -4.09. The van der Waals surface area contributed by atoms with Gasteiger partial charge in [0.15, 0.2) is 0 Å². The summed E-state index contributed by atoms with van der Waals surface area (Å²) in [5.41, 5.74) is 4.69. The van der Waals surface area contributed by atoms with Crippen LogP contribution in [0.15, 0.2) is 30.5 Å². The zero-order valence-corrected chi connectivity index (χ0v) is 17.2. The highest BCUT2D eigenvalue weighted by molar-refractivity contribution is 5.83. The molecule has 0 spiro atoms. The van der Waals surface area contributed by atoms with E-state index in [9.17, 15) is 18.0 Å². The van der Waals surface area contributed by atoms with E-state index in [0.717, 1.165) is 11.0 Å². The number of carboxylic acid groups (broad SMARTS) is 1. The molecule has 0 unspecified atom stereocenters. The molecule has 2 aromatic rings. The first kappa shape index (κ1) is 23.4. The maximum atomic E-state index is 13.7. The van der Waals surface area contributed by atoms with Gasteiger partial charge >= 0.3 is 12.3 Å². The molecule has 0 aliphatic carbocycles. The van der Waals surface area contributed by atoms with E-state index in [1.807, 2.05) is 13.8 Å². The number of hydrogen-bond acceptors (Lipinski definition) is 5. The molecule has 30 heavy (non-hydrogen) atoms. The number of rotatable bonds is 7. The van der Waals surface area contributed by atoms with Crippen molar-refractivity contribution in [3.63, 3.8) is 0 Å². The number of nitrogens with zero attached hydrogens (tertiary/aromatic N) is 3. The molecule has 3 N–H and O–H groups in total. The van der Waals surface area contributed by atoms with Crippen LogP contribution >= 0.6 is 0 Å². The number of halogens is 3. The summed E-state index contributed by atoms with van der Waals surface area (Å²) in [4.78, 5) is 19.7. The average molecular weight is 426 g/mol. The second-order valence-corrected chi connectivity index (χ2v) is 7.83. The van der Waals surface area contributed by atoms with Gasteiger partial charge in [-0.1, -0.05) is 13.8 Å². The smallest absolute Gasteiger partial charge is 0.419 e. The van der Waals surface area contributed by atoms with Crippen molar-refractivity contribution < 1.29 is 27.8 Å². The number of nitrogens with two attached hydrogens (primary N) is 1. The number of anilines is 1. The van der Waals surface area contributed by atoms with Gasteiger partial charge in [0, 0.05) is 24.3 Å². The number of hydrogen-bond donors (Lipinski definition) is 2. The van der Waals surface area contributed by atoms with E-state index in [1.54, 1.807) is 6.92 Å². The van der Waals surface area contributed by atoms with E-state index in [-0.39, 0.29) is 35.5 Å². The Kier molecular flexibility index (Phi) is 6.91. The van der Waals surface area contributed by atoms with Gasteiger partial charge in [0.05, 0.1) is 11.3 Å². The Morgan fingerprint density at radius 3 is 2.53 bits per heavy atom. The van der Waals surface area contributed by atoms with Crippen LogP contribution in [0.2, 0.25) is 0 Å². The van der Waals surface area contributed by atoms with Gasteiger partial charge in [-0.25, -0.2) is 19.7 Å². The topological polar surface area (TPSA) is 102 Å². The Morgan fingerprint density at radius 2 is 1.97 bits per heavy atom. The van der Waals surface area contributed by atoms with Crippen molar-refractivity contribution in [3.05, 3.63) is 36.0 Å². The van der Waals surface area contributed by atoms with Crippen LogP contribution in [0.25, 0.3) is 11.3 Å². The summed E-state index contributed by atoms with van der Waals surface area (Å²) in [6, 6.07) is 4.95. The first-order chi connectivity index (χ1) is 13.8. The molecular formula is C20H25F3N4O3. The van der Waals surface area contributed by atoms with Crippen molar-refractivity contribution in [1.82, 2.24) is 9.97 Å². The van der Waals surface area contributed by atoms with Crippen molar-refractivity contribution in [3.8, 4) is 17.0 Å². The predicted octanol–water partition coefficient (Wildman–Crippen LogP) is 4.42. The van der Waals surface area contributed by atoms with Crippen LogP contribution in [-0.4, -0.2) is 40.4 Å². The number of aromatic nitrogens is 2. The van der Waals surface area contributed by atoms with Crippen LogP contribution < -0.4 is 15.4 Å². The molecular weight excluding hydrogens is 401 g/mol. The molecule has 1 amide bonds. The zero-order valence-electron chi connectivity index (χ0n) is 17.2. The Bertz CT molecular complexity index is 901. The highest BCUT2D eigenvalue weighted by Gasteiger charge is 2.35. The lowest BCUT2D eigenvalue weighted by Gasteiger charge is -2.27. The molecule has 1 heterocycles. The van der Waals surface area contributed by atoms with E-state index in [2.05, 4.69) is 9.97 Å². The lowest BCUT2D eigenvalue weighted by Crippen LogP contribution is -2.43. The minimum absolute atomic E-state index is 0.0747. The number of carbonyl (C=O) groups is 1. The second-order valence-electron chi connectivity index (χ2n) is 7.83. The van der Waals surface area contributed by atoms with Crippen LogP contribution in [-0.2, 0) is 6.18 Å². The van der Waals surface area contributed by atoms with Gasteiger partial charge in [-0.3, -0.25) is 0 Å². The highest BCUT2D eigenvalue weighted by Crippen LogP contribution is 2.39. The van der Waals surface area contributed by atoms with Gasteiger partial charge in [-0.2, -0.15) is 13.2 Å². The molecule has 0 aliphatic heterocycles. The average Bonchev–Trinajstić information content (AvgIpc) is 2.64. The molecule has 0 aliphatic rings. The highest BCUT2D eigenvalue weighted by atomic mass is 19.4. The fourth-order valence-electron chi connectivity index (χ4n) is 3.03. The van der Waals surface area contributed by atoms with E-state index < -0.39 is 23.4 Å². The van der Waals surface area contributed by atoms with E-state index in [4.69, 9.17) is 15.6 Å². The molecule has 0 saturated heterocycles. The molecule has 1 aromatic heterocycles. The third-order valence-electron chi connectivity index (χ3n) is 4.24. The fourth-order valence-corrected chi connectivity index (χ4v) is 3.03. The van der Waals surface area contributed by atoms with Gasteiger partial charge in [0.2, 0.25) is 5.95 Å². The van der Waals surface area contributed by atoms with Crippen molar-refractivity contribution >= 4 is 12.0 Å². The Balaban J connectivity index is 2.38. The summed E-state index contributed by atoms with van der Waals surface area (Å²) < 4.78 is 46.4. The first-order valence-electron chi connectivity index (χ1n) is 9.23. The summed E-state index contributed by atoms with van der Waals surface area (Å²) in [5.74, 6) is -0.214. The SMILES string of the molecule is CC(C)C[C@](C)(N)COc1ccc(-c2ccnc(N(C)C(=O)O)n2)cc1C(F)(F)F. The summed E-state index contributed by atoms with van der Waals surface area (Å²) in [5, 5.41) is 9.03. The van der Waals surface area contributed by atoms with Crippen molar-refractivity contribution in [2.24, 2.45) is 11.7 Å². The number of amides is 1. The van der Waals surface area contributed by atoms with Gasteiger partial charge in [-0.05, 0) is 43.5 Å². The quantitative estimate of drug-likeness (QED) is 0.680. The molecule has 0 fully saturated rings. The predicted molar refractivity (Wildman–Crippen MR) is 106 cm³/mol. The van der Waals surface area contributed by atoms with Crippen molar-refractivity contribution in [2.75, 3.05) is 18.6 Å². The van der Waals surface area contributed by atoms with E-state index in [1.165, 1.54) is 31.4 Å². The van der Waals surface area contributed by atoms with E-state index in [0.29, 0.717) is 6.42 Å². The molecule has 164 valence electrons. The van der Waals surface area contributed by atoms with Crippen LogP contribution in [0.3, 0.4) is 0 Å². The monoisotopic (exact) mass is 426 g/mol. The molecule has 0 bridgehead atoms. The van der Waals surface area contributed by atoms with Gasteiger partial charge < -0.3 is 15.6 Å². The molecule has 10 heteroatoms. The molecule has 1 aromatic carbocycles. The summed E-state index contributed by atoms with van der Waals surface area (Å²) >= 11 is 0. The third kappa shape index (κ3) is 6.06.